The van der Waals surface area contributed by atoms with Gasteiger partial charge in [-0.2, -0.15) is 10.3 Å². The maximum atomic E-state index is 12.9. The molecule has 1 atom stereocenters. The monoisotopic (exact) mass is 381 g/mol. The van der Waals surface area contributed by atoms with Crippen molar-refractivity contribution in [3.63, 3.8) is 0 Å². The van der Waals surface area contributed by atoms with Crippen LogP contribution in [0.1, 0.15) is 37.9 Å². The van der Waals surface area contributed by atoms with Crippen LogP contribution in [0.5, 0.6) is 0 Å². The molecule has 1 aliphatic heterocycles. The van der Waals surface area contributed by atoms with Gasteiger partial charge < -0.3 is 9.42 Å². The van der Waals surface area contributed by atoms with Crippen LogP contribution in [0, 0.1) is 5.92 Å². The average molecular weight is 381 g/mol. The van der Waals surface area contributed by atoms with Gasteiger partial charge in [0.1, 0.15) is 5.76 Å². The number of aromatic amines is 1. The lowest BCUT2D eigenvalue weighted by atomic mass is 9.99. The van der Waals surface area contributed by atoms with E-state index in [1.54, 1.807) is 0 Å². The second-order valence-electron chi connectivity index (χ2n) is 7.34. The van der Waals surface area contributed by atoms with Gasteiger partial charge in [-0.05, 0) is 5.92 Å². The molecule has 0 unspecified atom stereocenters. The van der Waals surface area contributed by atoms with Crippen LogP contribution >= 0.6 is 0 Å². The number of nitrogens with zero attached hydrogens (tertiary/aromatic N) is 4. The number of carbonyl (C=O) groups is 1. The molecule has 1 N–H and O–H groups in total. The molecule has 0 fully saturated rings. The number of carbonyl (C=O) groups excluding carboxylic acids is 1. The molecule has 4 rings (SSSR count). The Morgan fingerprint density at radius 2 is 2.07 bits per heavy atom. The molecule has 0 saturated carbocycles. The highest BCUT2D eigenvalue weighted by atomic mass is 16.5. The van der Waals surface area contributed by atoms with E-state index in [4.69, 9.17) is 9.51 Å². The second kappa shape index (κ2) is 7.46. The number of fused-ring (bicyclic) bond motifs is 1. The summed E-state index contributed by atoms with van der Waals surface area (Å²) in [6.07, 6.45) is 0.671. The molecule has 8 nitrogen and oxygen atoms in total. The topological polar surface area (TPSA) is 97.0 Å². The maximum absolute atomic E-state index is 12.9. The van der Waals surface area contributed by atoms with Gasteiger partial charge in [0.05, 0.1) is 12.6 Å². The molecule has 0 saturated heterocycles. The highest BCUT2D eigenvalue weighted by molar-refractivity contribution is 5.77. The van der Waals surface area contributed by atoms with Crippen molar-refractivity contribution in [1.29, 1.82) is 0 Å². The first-order valence-corrected chi connectivity index (χ1v) is 9.50. The van der Waals surface area contributed by atoms with Crippen molar-refractivity contribution in [2.75, 3.05) is 6.54 Å². The van der Waals surface area contributed by atoms with Gasteiger partial charge >= 0.3 is 0 Å². The SMILES string of the molecule is CC(C)[C@H]1c2nc(-c3ccccc3)nn2CCN1C(=O)CCc1cc(=O)[nH]o1. The number of benzene rings is 1. The fourth-order valence-corrected chi connectivity index (χ4v) is 3.68. The van der Waals surface area contributed by atoms with Crippen molar-refractivity contribution >= 4 is 5.91 Å². The summed E-state index contributed by atoms with van der Waals surface area (Å²) < 4.78 is 6.97. The van der Waals surface area contributed by atoms with Crippen LogP contribution in [0.15, 0.2) is 45.7 Å². The van der Waals surface area contributed by atoms with Gasteiger partial charge in [-0.1, -0.05) is 44.2 Å². The molecule has 1 aliphatic rings. The van der Waals surface area contributed by atoms with Gasteiger partial charge in [-0.3, -0.25) is 9.59 Å². The minimum absolute atomic E-state index is 0.0260. The molecule has 28 heavy (non-hydrogen) atoms. The van der Waals surface area contributed by atoms with E-state index in [1.807, 2.05) is 39.9 Å². The number of amides is 1. The molecule has 0 spiro atoms. The van der Waals surface area contributed by atoms with Crippen molar-refractivity contribution in [3.8, 4) is 11.4 Å². The summed E-state index contributed by atoms with van der Waals surface area (Å²) in [5, 5.41) is 6.91. The minimum atomic E-state index is -0.290. The van der Waals surface area contributed by atoms with Crippen LogP contribution in [-0.4, -0.2) is 37.3 Å². The molecular formula is C20H23N5O3. The van der Waals surface area contributed by atoms with Crippen molar-refractivity contribution < 1.29 is 9.32 Å². The van der Waals surface area contributed by atoms with Gasteiger partial charge in [0, 0.05) is 31.0 Å². The number of aromatic nitrogens is 4. The first kappa shape index (κ1) is 18.2. The lowest BCUT2D eigenvalue weighted by molar-refractivity contribution is -0.136. The Hall–Kier alpha value is -3.16. The number of H-pyrrole nitrogens is 1. The van der Waals surface area contributed by atoms with Crippen molar-refractivity contribution in [1.82, 2.24) is 24.8 Å². The summed E-state index contributed by atoms with van der Waals surface area (Å²) in [5.74, 6) is 2.22. The number of hydrogen-bond donors (Lipinski definition) is 1. The van der Waals surface area contributed by atoms with Crippen LogP contribution in [0.2, 0.25) is 0 Å². The van der Waals surface area contributed by atoms with Gasteiger partial charge in [0.25, 0.3) is 5.56 Å². The summed E-state index contributed by atoms with van der Waals surface area (Å²) in [6, 6.07) is 11.1. The molecule has 146 valence electrons. The Kier molecular flexibility index (Phi) is 4.85. The van der Waals surface area contributed by atoms with Gasteiger partial charge in [-0.15, -0.1) is 0 Å². The average Bonchev–Trinajstić information content (AvgIpc) is 3.31. The standard InChI is InChI=1S/C20H23N5O3/c1-13(2)18-20-21-19(14-6-4-3-5-7-14)22-25(20)11-10-24(18)17(27)9-8-15-12-16(26)23-28-15/h3-7,12-13,18H,8-11H2,1-2H3,(H,23,26)/t18-/m0/s1. The maximum Gasteiger partial charge on any atom is 0.280 e. The first-order valence-electron chi connectivity index (χ1n) is 9.50. The van der Waals surface area contributed by atoms with E-state index in [0.717, 1.165) is 11.4 Å². The molecule has 1 aromatic carbocycles. The third-order valence-corrected chi connectivity index (χ3v) is 5.00. The largest absolute Gasteiger partial charge is 0.384 e. The molecule has 3 heterocycles. The highest BCUT2D eigenvalue weighted by Gasteiger charge is 2.35. The molecule has 0 bridgehead atoms. The lowest BCUT2D eigenvalue weighted by Gasteiger charge is -2.37. The van der Waals surface area contributed by atoms with Crippen LogP contribution < -0.4 is 5.56 Å². The summed E-state index contributed by atoms with van der Waals surface area (Å²) in [6.45, 7) is 5.37. The molecule has 8 heteroatoms. The van der Waals surface area contributed by atoms with E-state index in [-0.39, 0.29) is 29.8 Å². The van der Waals surface area contributed by atoms with Gasteiger partial charge in [0.15, 0.2) is 11.6 Å². The third kappa shape index (κ3) is 3.49. The summed E-state index contributed by atoms with van der Waals surface area (Å²) >= 11 is 0. The van der Waals surface area contributed by atoms with Crippen LogP contribution in [0.4, 0.5) is 0 Å². The zero-order valence-corrected chi connectivity index (χ0v) is 16.0. The van der Waals surface area contributed by atoms with Crippen LogP contribution in [0.25, 0.3) is 11.4 Å². The normalized spacial score (nSPS) is 16.4. The molecule has 3 aromatic rings. The van der Waals surface area contributed by atoms with Crippen LogP contribution in [0.3, 0.4) is 0 Å². The van der Waals surface area contributed by atoms with E-state index in [0.29, 0.717) is 31.1 Å². The molecule has 0 aliphatic carbocycles. The Labute approximate surface area is 162 Å². The summed E-state index contributed by atoms with van der Waals surface area (Å²) in [4.78, 5) is 30.7. The van der Waals surface area contributed by atoms with E-state index in [1.165, 1.54) is 6.07 Å². The summed E-state index contributed by atoms with van der Waals surface area (Å²) in [5.41, 5.74) is 0.675. The predicted molar refractivity (Wildman–Crippen MR) is 102 cm³/mol. The van der Waals surface area contributed by atoms with Crippen molar-refractivity contribution in [3.05, 3.63) is 58.3 Å². The summed E-state index contributed by atoms with van der Waals surface area (Å²) in [7, 11) is 0. The Bertz CT molecular complexity index is 1020. The second-order valence-corrected chi connectivity index (χ2v) is 7.34. The fourth-order valence-electron chi connectivity index (χ4n) is 3.68. The lowest BCUT2D eigenvalue weighted by Crippen LogP contribution is -2.44. The number of nitrogens with one attached hydrogen (secondary N) is 1. The van der Waals surface area contributed by atoms with Crippen molar-refractivity contribution in [2.45, 2.75) is 39.3 Å². The Balaban J connectivity index is 1.56. The smallest absolute Gasteiger partial charge is 0.280 e. The zero-order chi connectivity index (χ0) is 19.7. The van der Waals surface area contributed by atoms with E-state index in [9.17, 15) is 9.59 Å². The number of rotatable bonds is 5. The quantitative estimate of drug-likeness (QED) is 0.732. The molecular weight excluding hydrogens is 358 g/mol. The van der Waals surface area contributed by atoms with E-state index >= 15 is 0 Å². The molecule has 0 radical (unpaired) electrons. The minimum Gasteiger partial charge on any atom is -0.384 e. The van der Waals surface area contributed by atoms with E-state index < -0.39 is 0 Å². The zero-order valence-electron chi connectivity index (χ0n) is 16.0. The molecule has 2 aromatic heterocycles. The van der Waals surface area contributed by atoms with E-state index in [2.05, 4.69) is 24.1 Å². The fraction of sp³-hybridized carbons (Fsp3) is 0.400. The number of aryl methyl sites for hydroxylation is 1. The Morgan fingerprint density at radius 3 is 2.75 bits per heavy atom. The van der Waals surface area contributed by atoms with Gasteiger partial charge in [0.2, 0.25) is 5.91 Å². The van der Waals surface area contributed by atoms with Gasteiger partial charge in [-0.25, -0.2) is 9.67 Å². The van der Waals surface area contributed by atoms with Crippen LogP contribution in [-0.2, 0) is 17.8 Å². The third-order valence-electron chi connectivity index (χ3n) is 5.00. The molecule has 1 amide bonds. The Morgan fingerprint density at radius 1 is 1.29 bits per heavy atom. The first-order chi connectivity index (χ1) is 13.5. The van der Waals surface area contributed by atoms with Crippen molar-refractivity contribution in [2.24, 2.45) is 5.92 Å². The number of hydrogen-bond acceptors (Lipinski definition) is 5. The highest BCUT2D eigenvalue weighted by Crippen LogP contribution is 2.32. The predicted octanol–water partition coefficient (Wildman–Crippen LogP) is 2.40.